The second-order valence-electron chi connectivity index (χ2n) is 5.97. The first-order chi connectivity index (χ1) is 11.1. The van der Waals surface area contributed by atoms with Gasteiger partial charge in [0.05, 0.1) is 26.8 Å². The maximum absolute atomic E-state index is 13.7. The maximum atomic E-state index is 13.7. The molecule has 0 aromatic heterocycles. The molecule has 2 aliphatic rings. The molecule has 0 fully saturated rings. The van der Waals surface area contributed by atoms with E-state index in [1.165, 1.54) is 6.07 Å². The monoisotopic (exact) mass is 367 g/mol. The molecule has 118 valence electrons. The predicted octanol–water partition coefficient (Wildman–Crippen LogP) is 6.61. The van der Waals surface area contributed by atoms with Crippen LogP contribution in [0.3, 0.4) is 0 Å². The molecule has 0 saturated carbocycles. The molecule has 1 N–H and O–H groups in total. The zero-order chi connectivity index (χ0) is 16.1. The standard InChI is InChI=1S/C18H13Cl3FN/c19-13-8-14(20)18-15(16(13)21)11-5-2-6-12(11)17(23-18)9-3-1-4-10(22)7-9/h1-5,7-8,11-12,17,23H,6H2/t11-,12+,17-/m0/s1. The molecule has 0 spiro atoms. The van der Waals surface area contributed by atoms with Gasteiger partial charge in [-0.3, -0.25) is 0 Å². The van der Waals surface area contributed by atoms with E-state index in [2.05, 4.69) is 17.5 Å². The van der Waals surface area contributed by atoms with Crippen molar-refractivity contribution in [1.29, 1.82) is 0 Å². The molecule has 1 nitrogen and oxygen atoms in total. The van der Waals surface area contributed by atoms with Gasteiger partial charge in [0.25, 0.3) is 0 Å². The van der Waals surface area contributed by atoms with Crippen molar-refractivity contribution >= 4 is 40.5 Å². The Morgan fingerprint density at radius 3 is 2.70 bits per heavy atom. The Labute approximate surface area is 149 Å². The molecular formula is C18H13Cl3FN. The minimum absolute atomic E-state index is 0.0204. The van der Waals surface area contributed by atoms with Crippen LogP contribution in [0.4, 0.5) is 10.1 Å². The van der Waals surface area contributed by atoms with E-state index in [0.717, 1.165) is 23.2 Å². The van der Waals surface area contributed by atoms with Gasteiger partial charge in [-0.25, -0.2) is 4.39 Å². The van der Waals surface area contributed by atoms with Gasteiger partial charge >= 0.3 is 0 Å². The number of hydrogen-bond donors (Lipinski definition) is 1. The SMILES string of the molecule is Fc1cccc([C@@H]2Nc3c(Cl)cc(Cl)c(Cl)c3[C@H]3C=CC[C@H]32)c1. The smallest absolute Gasteiger partial charge is 0.123 e. The van der Waals surface area contributed by atoms with Crippen molar-refractivity contribution in [3.05, 3.63) is 74.5 Å². The molecule has 0 amide bonds. The van der Waals surface area contributed by atoms with Crippen LogP contribution in [0.1, 0.15) is 29.5 Å². The quantitative estimate of drug-likeness (QED) is 0.441. The Morgan fingerprint density at radius 2 is 1.91 bits per heavy atom. The maximum Gasteiger partial charge on any atom is 0.123 e. The normalized spacial score (nSPS) is 25.0. The summed E-state index contributed by atoms with van der Waals surface area (Å²) in [7, 11) is 0. The number of allylic oxidation sites excluding steroid dienone is 2. The van der Waals surface area contributed by atoms with Gasteiger partial charge in [0.15, 0.2) is 0 Å². The van der Waals surface area contributed by atoms with E-state index in [1.807, 2.05) is 6.07 Å². The lowest BCUT2D eigenvalue weighted by Gasteiger charge is -2.38. The lowest BCUT2D eigenvalue weighted by atomic mass is 9.77. The molecule has 0 bridgehead atoms. The summed E-state index contributed by atoms with van der Waals surface area (Å²) >= 11 is 19.0. The molecule has 5 heteroatoms. The summed E-state index contributed by atoms with van der Waals surface area (Å²) in [4.78, 5) is 0. The minimum Gasteiger partial charge on any atom is -0.376 e. The van der Waals surface area contributed by atoms with Crippen LogP contribution in [-0.4, -0.2) is 0 Å². The minimum atomic E-state index is -0.238. The Bertz CT molecular complexity index is 818. The van der Waals surface area contributed by atoms with Crippen molar-refractivity contribution in [1.82, 2.24) is 0 Å². The van der Waals surface area contributed by atoms with E-state index in [1.54, 1.807) is 18.2 Å². The first-order valence-electron chi connectivity index (χ1n) is 7.42. The summed E-state index contributed by atoms with van der Waals surface area (Å²) in [6.07, 6.45) is 5.19. The van der Waals surface area contributed by atoms with E-state index in [4.69, 9.17) is 34.8 Å². The average molecular weight is 369 g/mol. The summed E-state index contributed by atoms with van der Waals surface area (Å²) in [6.45, 7) is 0. The highest BCUT2D eigenvalue weighted by Crippen LogP contribution is 2.54. The topological polar surface area (TPSA) is 12.0 Å². The average Bonchev–Trinajstić information content (AvgIpc) is 3.00. The third-order valence-electron chi connectivity index (χ3n) is 4.69. The van der Waals surface area contributed by atoms with Crippen LogP contribution in [0.15, 0.2) is 42.5 Å². The van der Waals surface area contributed by atoms with Crippen molar-refractivity contribution in [2.45, 2.75) is 18.4 Å². The van der Waals surface area contributed by atoms with Gasteiger partial charge in [-0.1, -0.05) is 59.1 Å². The molecule has 0 saturated heterocycles. The highest BCUT2D eigenvalue weighted by molar-refractivity contribution is 6.44. The number of benzene rings is 2. The Kier molecular flexibility index (Phi) is 3.79. The molecule has 0 unspecified atom stereocenters. The van der Waals surface area contributed by atoms with Crippen molar-refractivity contribution < 1.29 is 4.39 Å². The van der Waals surface area contributed by atoms with Gasteiger partial charge in [0, 0.05) is 11.5 Å². The fraction of sp³-hybridized carbons (Fsp3) is 0.222. The van der Waals surface area contributed by atoms with E-state index < -0.39 is 0 Å². The van der Waals surface area contributed by atoms with E-state index in [0.29, 0.717) is 15.1 Å². The number of halogens is 4. The summed E-state index contributed by atoms with van der Waals surface area (Å²) in [5.41, 5.74) is 2.65. The zero-order valence-electron chi connectivity index (χ0n) is 12.0. The Hall–Kier alpha value is -1.22. The van der Waals surface area contributed by atoms with Crippen molar-refractivity contribution in [3.63, 3.8) is 0 Å². The lowest BCUT2D eigenvalue weighted by molar-refractivity contribution is 0.424. The van der Waals surface area contributed by atoms with Gasteiger partial charge in [-0.05, 0) is 36.1 Å². The summed E-state index contributed by atoms with van der Waals surface area (Å²) in [6, 6.07) is 8.33. The van der Waals surface area contributed by atoms with E-state index in [-0.39, 0.29) is 23.7 Å². The van der Waals surface area contributed by atoms with Crippen molar-refractivity contribution in [2.75, 3.05) is 5.32 Å². The molecule has 0 radical (unpaired) electrons. The fourth-order valence-electron chi connectivity index (χ4n) is 3.69. The number of fused-ring (bicyclic) bond motifs is 3. The van der Waals surface area contributed by atoms with E-state index in [9.17, 15) is 4.39 Å². The highest BCUT2D eigenvalue weighted by Gasteiger charge is 2.40. The molecule has 23 heavy (non-hydrogen) atoms. The second-order valence-corrected chi connectivity index (χ2v) is 7.17. The highest BCUT2D eigenvalue weighted by atomic mass is 35.5. The number of hydrogen-bond acceptors (Lipinski definition) is 1. The van der Waals surface area contributed by atoms with Crippen LogP contribution in [0.25, 0.3) is 0 Å². The zero-order valence-corrected chi connectivity index (χ0v) is 14.3. The first-order valence-corrected chi connectivity index (χ1v) is 8.55. The van der Waals surface area contributed by atoms with Gasteiger partial charge in [-0.15, -0.1) is 0 Å². The molecular weight excluding hydrogens is 356 g/mol. The molecule has 2 aromatic carbocycles. The van der Waals surface area contributed by atoms with Gasteiger partial charge in [-0.2, -0.15) is 0 Å². The molecule has 1 heterocycles. The molecule has 1 aliphatic carbocycles. The van der Waals surface area contributed by atoms with Crippen LogP contribution in [0.2, 0.25) is 15.1 Å². The van der Waals surface area contributed by atoms with Crippen LogP contribution in [0, 0.1) is 11.7 Å². The van der Waals surface area contributed by atoms with Crippen LogP contribution >= 0.6 is 34.8 Å². The summed E-state index contributed by atoms with van der Waals surface area (Å²) in [5, 5.41) is 5.00. The molecule has 3 atom stereocenters. The van der Waals surface area contributed by atoms with Gasteiger partial charge < -0.3 is 5.32 Å². The van der Waals surface area contributed by atoms with Gasteiger partial charge in [0.2, 0.25) is 0 Å². The van der Waals surface area contributed by atoms with Crippen LogP contribution in [0.5, 0.6) is 0 Å². The van der Waals surface area contributed by atoms with Gasteiger partial charge in [0.1, 0.15) is 5.82 Å². The number of rotatable bonds is 1. The molecule has 2 aromatic rings. The largest absolute Gasteiger partial charge is 0.376 e. The Morgan fingerprint density at radius 1 is 1.09 bits per heavy atom. The van der Waals surface area contributed by atoms with Crippen LogP contribution in [-0.2, 0) is 0 Å². The summed E-state index contributed by atoms with van der Waals surface area (Å²) in [5.74, 6) is 0.150. The van der Waals surface area contributed by atoms with Crippen LogP contribution < -0.4 is 5.32 Å². The predicted molar refractivity (Wildman–Crippen MR) is 94.2 cm³/mol. The Balaban J connectivity index is 1.88. The molecule has 1 aliphatic heterocycles. The fourth-order valence-corrected chi connectivity index (χ4v) is 4.50. The third-order valence-corrected chi connectivity index (χ3v) is 5.79. The first kappa shape index (κ1) is 15.3. The molecule has 4 rings (SSSR count). The summed E-state index contributed by atoms with van der Waals surface area (Å²) < 4.78 is 13.7. The number of anilines is 1. The van der Waals surface area contributed by atoms with Crippen molar-refractivity contribution in [3.8, 4) is 0 Å². The van der Waals surface area contributed by atoms with E-state index >= 15 is 0 Å². The second kappa shape index (κ2) is 5.70. The van der Waals surface area contributed by atoms with Crippen molar-refractivity contribution in [2.24, 2.45) is 5.92 Å². The third kappa shape index (κ3) is 2.44. The number of nitrogens with one attached hydrogen (secondary N) is 1. The lowest BCUT2D eigenvalue weighted by Crippen LogP contribution is -2.29.